The van der Waals surface area contributed by atoms with E-state index in [1.165, 1.54) is 24.8 Å². The Bertz CT molecular complexity index is 1840. The number of ether oxygens (including phenoxy) is 2. The van der Waals surface area contributed by atoms with Gasteiger partial charge in [0.05, 0.1) is 35.2 Å². The first-order valence-electron chi connectivity index (χ1n) is 17.0. The molecule has 1 unspecified atom stereocenters. The Kier molecular flexibility index (Phi) is 11.9. The lowest BCUT2D eigenvalue weighted by molar-refractivity contribution is 0.0777. The maximum absolute atomic E-state index is 13.9. The zero-order valence-corrected chi connectivity index (χ0v) is 30.3. The SMILES string of the molecule is CCOCCn1c(N2CCCN(CCC3(c4ccccc4)CCN(C(=O)c4cc(S(C)(=O)=O)ccc4OC)C3)CC2)nc2ccccc21.Cl. The second-order valence-electron chi connectivity index (χ2n) is 12.9. The zero-order valence-electron chi connectivity index (χ0n) is 28.7. The number of nitrogens with zero attached hydrogens (tertiary/aromatic N) is 5. The van der Waals surface area contributed by atoms with Gasteiger partial charge < -0.3 is 28.7 Å². The van der Waals surface area contributed by atoms with Crippen LogP contribution in [0.5, 0.6) is 5.75 Å². The van der Waals surface area contributed by atoms with E-state index in [0.717, 1.165) is 81.8 Å². The highest BCUT2D eigenvalue weighted by Gasteiger charge is 2.42. The van der Waals surface area contributed by atoms with Crippen LogP contribution >= 0.6 is 12.4 Å². The lowest BCUT2D eigenvalue weighted by Crippen LogP contribution is -2.39. The van der Waals surface area contributed by atoms with E-state index in [1.54, 1.807) is 6.07 Å². The lowest BCUT2D eigenvalue weighted by atomic mass is 9.76. The first-order valence-corrected chi connectivity index (χ1v) is 18.8. The molecule has 2 saturated heterocycles. The minimum atomic E-state index is -3.48. The largest absolute Gasteiger partial charge is 0.496 e. The molecule has 0 radical (unpaired) electrons. The highest BCUT2D eigenvalue weighted by molar-refractivity contribution is 7.90. The van der Waals surface area contributed by atoms with Gasteiger partial charge in [-0.05, 0) is 75.2 Å². The molecule has 2 aliphatic heterocycles. The van der Waals surface area contributed by atoms with E-state index < -0.39 is 9.84 Å². The molecule has 0 N–H and O–H groups in total. The molecule has 12 heteroatoms. The number of sulfone groups is 1. The van der Waals surface area contributed by atoms with Crippen LogP contribution in [0.15, 0.2) is 77.7 Å². The second-order valence-corrected chi connectivity index (χ2v) is 15.0. The summed E-state index contributed by atoms with van der Waals surface area (Å²) >= 11 is 0. The molecule has 0 saturated carbocycles. The van der Waals surface area contributed by atoms with Gasteiger partial charge >= 0.3 is 0 Å². The fourth-order valence-corrected chi connectivity index (χ4v) is 7.92. The molecule has 10 nitrogen and oxygen atoms in total. The van der Waals surface area contributed by atoms with Crippen LogP contribution in [0.2, 0.25) is 0 Å². The topological polar surface area (TPSA) is 97.2 Å². The van der Waals surface area contributed by atoms with Crippen molar-refractivity contribution in [1.29, 1.82) is 0 Å². The molecule has 264 valence electrons. The van der Waals surface area contributed by atoms with Crippen LogP contribution in [0, 0.1) is 0 Å². The molecule has 49 heavy (non-hydrogen) atoms. The number of hydrogen-bond acceptors (Lipinski definition) is 8. The number of amides is 1. The van der Waals surface area contributed by atoms with Crippen LogP contribution in [-0.4, -0.2) is 106 Å². The number of anilines is 1. The predicted molar refractivity (Wildman–Crippen MR) is 196 cm³/mol. The summed E-state index contributed by atoms with van der Waals surface area (Å²) in [5.74, 6) is 1.19. The van der Waals surface area contributed by atoms with Crippen molar-refractivity contribution in [3.8, 4) is 5.75 Å². The first kappa shape index (κ1) is 36.6. The van der Waals surface area contributed by atoms with E-state index in [1.807, 2.05) is 24.0 Å². The second kappa shape index (κ2) is 15.9. The average molecular weight is 710 g/mol. The van der Waals surface area contributed by atoms with Crippen molar-refractivity contribution >= 4 is 45.1 Å². The Hall–Kier alpha value is -3.64. The number of para-hydroxylation sites is 2. The molecular weight excluding hydrogens is 662 g/mol. The normalized spacial score (nSPS) is 18.8. The monoisotopic (exact) mass is 709 g/mol. The van der Waals surface area contributed by atoms with E-state index >= 15 is 0 Å². The summed E-state index contributed by atoms with van der Waals surface area (Å²) in [5, 5.41) is 0. The van der Waals surface area contributed by atoms with Crippen LogP contribution in [0.1, 0.15) is 42.1 Å². The van der Waals surface area contributed by atoms with Crippen molar-refractivity contribution in [3.63, 3.8) is 0 Å². The summed E-state index contributed by atoms with van der Waals surface area (Å²) < 4.78 is 38.1. The van der Waals surface area contributed by atoms with Gasteiger partial charge in [0.1, 0.15) is 5.75 Å². The molecule has 3 aromatic carbocycles. The number of aromatic nitrogens is 2. The van der Waals surface area contributed by atoms with Gasteiger partial charge in [0.25, 0.3) is 5.91 Å². The maximum atomic E-state index is 13.9. The number of benzene rings is 3. The number of likely N-dealkylation sites (tertiary alicyclic amines) is 1. The smallest absolute Gasteiger partial charge is 0.257 e. The lowest BCUT2D eigenvalue weighted by Gasteiger charge is -2.33. The minimum absolute atomic E-state index is 0. The zero-order chi connectivity index (χ0) is 33.7. The third-order valence-electron chi connectivity index (χ3n) is 9.93. The Balaban J connectivity index is 0.00000468. The Morgan fingerprint density at radius 3 is 2.47 bits per heavy atom. The standard InChI is InChI=1S/C37H47N5O5S.ClH/c1-4-47-26-25-42-33-14-9-8-13-32(33)38-36(42)40-20-10-19-39(23-24-40)21-17-37(29-11-6-5-7-12-29)18-22-41(28-37)35(43)31-27-30(48(3,44)45)15-16-34(31)46-2;/h5-9,11-16,27H,4,10,17-26,28H2,1-3H3;1H. The highest BCUT2D eigenvalue weighted by atomic mass is 35.5. The number of methoxy groups -OCH3 is 1. The first-order chi connectivity index (χ1) is 23.2. The molecular formula is C37H48ClN5O5S. The number of imidazole rings is 1. The molecule has 6 rings (SSSR count). The van der Waals surface area contributed by atoms with Crippen molar-refractivity contribution in [2.45, 2.75) is 43.0 Å². The number of halogens is 1. The number of hydrogen-bond donors (Lipinski definition) is 0. The van der Waals surface area contributed by atoms with Gasteiger partial charge in [0.2, 0.25) is 5.95 Å². The average Bonchev–Trinajstić information content (AvgIpc) is 3.62. The van der Waals surface area contributed by atoms with Crippen molar-refractivity contribution in [1.82, 2.24) is 19.4 Å². The summed E-state index contributed by atoms with van der Waals surface area (Å²) in [5.41, 5.74) is 3.45. The molecule has 2 aliphatic rings. The minimum Gasteiger partial charge on any atom is -0.496 e. The summed E-state index contributed by atoms with van der Waals surface area (Å²) in [4.78, 5) is 26.0. The van der Waals surface area contributed by atoms with E-state index in [2.05, 4.69) is 56.8 Å². The number of carbonyl (C=O) groups excluding carboxylic acids is 1. The Labute approximate surface area is 296 Å². The summed E-state index contributed by atoms with van der Waals surface area (Å²) in [6.45, 7) is 9.96. The van der Waals surface area contributed by atoms with E-state index in [9.17, 15) is 13.2 Å². The van der Waals surface area contributed by atoms with Gasteiger partial charge in [0.15, 0.2) is 9.84 Å². The van der Waals surface area contributed by atoms with Gasteiger partial charge in [-0.25, -0.2) is 13.4 Å². The van der Waals surface area contributed by atoms with Crippen molar-refractivity contribution in [2.24, 2.45) is 0 Å². The summed E-state index contributed by atoms with van der Waals surface area (Å²) in [7, 11) is -1.98. The Morgan fingerprint density at radius 2 is 1.71 bits per heavy atom. The molecule has 0 spiro atoms. The summed E-state index contributed by atoms with van der Waals surface area (Å²) in [6, 6.07) is 23.4. The van der Waals surface area contributed by atoms with Gasteiger partial charge in [-0.3, -0.25) is 4.79 Å². The van der Waals surface area contributed by atoms with Crippen molar-refractivity contribution < 1.29 is 22.7 Å². The quantitative estimate of drug-likeness (QED) is 0.183. The van der Waals surface area contributed by atoms with Crippen molar-refractivity contribution in [2.75, 3.05) is 77.3 Å². The van der Waals surface area contributed by atoms with E-state index in [0.29, 0.717) is 32.1 Å². The van der Waals surface area contributed by atoms with Gasteiger partial charge in [-0.1, -0.05) is 42.5 Å². The summed E-state index contributed by atoms with van der Waals surface area (Å²) in [6.07, 6.45) is 3.93. The molecule has 2 fully saturated rings. The van der Waals surface area contributed by atoms with Gasteiger partial charge in [-0.15, -0.1) is 12.4 Å². The number of fused-ring (bicyclic) bond motifs is 1. The fourth-order valence-electron chi connectivity index (χ4n) is 7.27. The van der Waals surface area contributed by atoms with E-state index in [-0.39, 0.29) is 34.2 Å². The third-order valence-corrected chi connectivity index (χ3v) is 11.0. The highest BCUT2D eigenvalue weighted by Crippen LogP contribution is 2.39. The molecule has 0 aliphatic carbocycles. The molecule has 4 aromatic rings. The molecule has 3 heterocycles. The molecule has 0 bridgehead atoms. The molecule has 1 aromatic heterocycles. The van der Waals surface area contributed by atoms with Crippen LogP contribution in [0.25, 0.3) is 11.0 Å². The molecule has 1 amide bonds. The molecule has 1 atom stereocenters. The number of rotatable bonds is 12. The van der Waals surface area contributed by atoms with Gasteiger partial charge in [0, 0.05) is 57.5 Å². The van der Waals surface area contributed by atoms with Gasteiger partial charge in [-0.2, -0.15) is 0 Å². The fraction of sp³-hybridized carbons (Fsp3) is 0.459. The maximum Gasteiger partial charge on any atom is 0.257 e. The predicted octanol–water partition coefficient (Wildman–Crippen LogP) is 5.29. The van der Waals surface area contributed by atoms with Crippen molar-refractivity contribution in [3.05, 3.63) is 83.9 Å². The Morgan fingerprint density at radius 1 is 0.939 bits per heavy atom. The van der Waals surface area contributed by atoms with Crippen LogP contribution in [-0.2, 0) is 26.5 Å². The number of carbonyl (C=O) groups is 1. The van der Waals surface area contributed by atoms with Crippen LogP contribution in [0.3, 0.4) is 0 Å². The van der Waals surface area contributed by atoms with E-state index in [4.69, 9.17) is 14.5 Å². The van der Waals surface area contributed by atoms with Crippen LogP contribution < -0.4 is 9.64 Å². The van der Waals surface area contributed by atoms with Crippen LogP contribution in [0.4, 0.5) is 5.95 Å². The third kappa shape index (κ3) is 8.06.